The third kappa shape index (κ3) is 3.71. The minimum Gasteiger partial charge on any atom is -0.508 e. The summed E-state index contributed by atoms with van der Waals surface area (Å²) >= 11 is 1.58. The fraction of sp³-hybridized carbons (Fsp3) is 0.462. The van der Waals surface area contributed by atoms with Crippen molar-refractivity contribution in [3.05, 3.63) is 24.3 Å². The van der Waals surface area contributed by atoms with Crippen molar-refractivity contribution >= 4 is 11.8 Å². The van der Waals surface area contributed by atoms with E-state index < -0.39 is 0 Å². The van der Waals surface area contributed by atoms with Crippen LogP contribution in [0.1, 0.15) is 20.3 Å². The molecule has 6 nitrogen and oxygen atoms in total. The van der Waals surface area contributed by atoms with Crippen LogP contribution in [0.25, 0.3) is 5.69 Å². The lowest BCUT2D eigenvalue weighted by Gasteiger charge is -2.22. The normalized spacial score (nSPS) is 11.8. The highest BCUT2D eigenvalue weighted by Gasteiger charge is 2.17. The smallest absolute Gasteiger partial charge is 0.214 e. The van der Waals surface area contributed by atoms with Crippen LogP contribution in [-0.2, 0) is 4.74 Å². The number of hydrogen-bond acceptors (Lipinski definition) is 6. The minimum absolute atomic E-state index is 0.149. The van der Waals surface area contributed by atoms with Gasteiger partial charge in [0, 0.05) is 12.9 Å². The van der Waals surface area contributed by atoms with E-state index in [0.717, 1.165) is 23.0 Å². The first-order valence-electron chi connectivity index (χ1n) is 6.27. The van der Waals surface area contributed by atoms with Gasteiger partial charge in [-0.15, -0.1) is 5.10 Å². The number of aromatic nitrogens is 4. The van der Waals surface area contributed by atoms with Crippen LogP contribution in [0.15, 0.2) is 29.4 Å². The Kier molecular flexibility index (Phi) is 4.61. The molecule has 0 aliphatic rings. The lowest BCUT2D eigenvalue weighted by atomic mass is 10.1. The molecule has 0 atom stereocenters. The summed E-state index contributed by atoms with van der Waals surface area (Å²) in [5.41, 5.74) is 0.672. The summed E-state index contributed by atoms with van der Waals surface area (Å²) in [4.78, 5) is 0. The molecule has 0 bridgehead atoms. The molecule has 0 aliphatic carbocycles. The van der Waals surface area contributed by atoms with Crippen molar-refractivity contribution < 1.29 is 9.84 Å². The Hall–Kier alpha value is -1.60. The van der Waals surface area contributed by atoms with E-state index in [2.05, 4.69) is 29.4 Å². The zero-order valence-corrected chi connectivity index (χ0v) is 12.6. The molecule has 0 spiro atoms. The van der Waals surface area contributed by atoms with Crippen molar-refractivity contribution in [1.82, 2.24) is 20.2 Å². The third-order valence-corrected chi connectivity index (χ3v) is 3.94. The zero-order valence-electron chi connectivity index (χ0n) is 11.8. The fourth-order valence-electron chi connectivity index (χ4n) is 1.51. The van der Waals surface area contributed by atoms with Gasteiger partial charge in [-0.05, 0) is 55.0 Å². The first-order valence-corrected chi connectivity index (χ1v) is 7.26. The van der Waals surface area contributed by atoms with Gasteiger partial charge in [-0.3, -0.25) is 0 Å². The quantitative estimate of drug-likeness (QED) is 0.824. The van der Waals surface area contributed by atoms with Crippen molar-refractivity contribution in [2.45, 2.75) is 31.0 Å². The van der Waals surface area contributed by atoms with E-state index >= 15 is 0 Å². The Bertz CT molecular complexity index is 554. The summed E-state index contributed by atoms with van der Waals surface area (Å²) < 4.78 is 7.04. The molecule has 1 N–H and O–H groups in total. The van der Waals surface area contributed by atoms with Gasteiger partial charge in [0.25, 0.3) is 0 Å². The van der Waals surface area contributed by atoms with Gasteiger partial charge in [-0.2, -0.15) is 4.68 Å². The SMILES string of the molecule is COC(C)(C)CCSc1nnnn1-c1ccc(O)cc1. The van der Waals surface area contributed by atoms with Crippen LogP contribution in [-0.4, -0.2) is 43.8 Å². The summed E-state index contributed by atoms with van der Waals surface area (Å²) in [6.07, 6.45) is 0.899. The second-order valence-corrected chi connectivity index (χ2v) is 6.01. The van der Waals surface area contributed by atoms with Gasteiger partial charge >= 0.3 is 0 Å². The number of nitrogens with zero attached hydrogens (tertiary/aromatic N) is 4. The molecule has 0 radical (unpaired) electrons. The zero-order chi connectivity index (χ0) is 14.6. The maximum atomic E-state index is 9.30. The molecule has 2 rings (SSSR count). The number of methoxy groups -OCH3 is 1. The highest BCUT2D eigenvalue weighted by atomic mass is 32.2. The van der Waals surface area contributed by atoms with E-state index in [1.54, 1.807) is 47.8 Å². The van der Waals surface area contributed by atoms with Crippen molar-refractivity contribution in [3.8, 4) is 11.4 Å². The molecule has 0 fully saturated rings. The predicted molar refractivity (Wildman–Crippen MR) is 77.2 cm³/mol. The number of benzene rings is 1. The molecular weight excluding hydrogens is 276 g/mol. The Labute approximate surface area is 122 Å². The van der Waals surface area contributed by atoms with Gasteiger partial charge in [-0.25, -0.2) is 0 Å². The van der Waals surface area contributed by atoms with Crippen LogP contribution < -0.4 is 0 Å². The van der Waals surface area contributed by atoms with Crippen molar-refractivity contribution in [2.24, 2.45) is 0 Å². The molecule has 0 aliphatic heterocycles. The van der Waals surface area contributed by atoms with Crippen LogP contribution in [0.3, 0.4) is 0 Å². The molecule has 2 aromatic rings. The number of ether oxygens (including phenoxy) is 1. The fourth-order valence-corrected chi connectivity index (χ4v) is 2.65. The average Bonchev–Trinajstić information content (AvgIpc) is 2.88. The minimum atomic E-state index is -0.149. The second-order valence-electron chi connectivity index (χ2n) is 4.95. The predicted octanol–water partition coefficient (Wildman–Crippen LogP) is 2.28. The summed E-state index contributed by atoms with van der Waals surface area (Å²) in [6, 6.07) is 6.77. The first-order chi connectivity index (χ1) is 9.52. The van der Waals surface area contributed by atoms with E-state index in [1.807, 2.05) is 0 Å². The molecule has 1 aromatic heterocycles. The van der Waals surface area contributed by atoms with Crippen LogP contribution in [0, 0.1) is 0 Å². The lowest BCUT2D eigenvalue weighted by Crippen LogP contribution is -2.23. The second kappa shape index (κ2) is 6.23. The number of aromatic hydroxyl groups is 1. The summed E-state index contributed by atoms with van der Waals surface area (Å²) in [7, 11) is 1.71. The first kappa shape index (κ1) is 14.8. The number of rotatable bonds is 6. The van der Waals surface area contributed by atoms with Crippen molar-refractivity contribution in [3.63, 3.8) is 0 Å². The van der Waals surface area contributed by atoms with Gasteiger partial charge in [-0.1, -0.05) is 11.8 Å². The summed E-state index contributed by atoms with van der Waals surface area (Å²) in [5, 5.41) is 21.7. The maximum Gasteiger partial charge on any atom is 0.214 e. The highest BCUT2D eigenvalue weighted by molar-refractivity contribution is 7.99. The number of phenols is 1. The van der Waals surface area contributed by atoms with Crippen LogP contribution in [0.5, 0.6) is 5.75 Å². The third-order valence-electron chi connectivity index (χ3n) is 3.02. The van der Waals surface area contributed by atoms with E-state index in [0.29, 0.717) is 0 Å². The lowest BCUT2D eigenvalue weighted by molar-refractivity contribution is 0.0206. The number of phenolic OH excluding ortho intramolecular Hbond substituents is 1. The molecule has 0 saturated carbocycles. The highest BCUT2D eigenvalue weighted by Crippen LogP contribution is 2.23. The van der Waals surface area contributed by atoms with Gasteiger partial charge in [0.2, 0.25) is 5.16 Å². The van der Waals surface area contributed by atoms with Crippen LogP contribution in [0.4, 0.5) is 0 Å². The van der Waals surface area contributed by atoms with Crippen LogP contribution in [0.2, 0.25) is 0 Å². The molecule has 0 saturated heterocycles. The molecular formula is C13H18N4O2S. The number of tetrazole rings is 1. The Morgan fingerprint density at radius 2 is 2.00 bits per heavy atom. The van der Waals surface area contributed by atoms with E-state index in [-0.39, 0.29) is 11.4 Å². The molecule has 7 heteroatoms. The summed E-state index contributed by atoms with van der Waals surface area (Å²) in [6.45, 7) is 4.10. The maximum absolute atomic E-state index is 9.30. The monoisotopic (exact) mass is 294 g/mol. The van der Waals surface area contributed by atoms with Gasteiger partial charge in [0.1, 0.15) is 5.75 Å². The molecule has 108 valence electrons. The van der Waals surface area contributed by atoms with Gasteiger partial charge in [0.15, 0.2) is 0 Å². The number of hydrogen-bond donors (Lipinski definition) is 1. The van der Waals surface area contributed by atoms with Gasteiger partial charge < -0.3 is 9.84 Å². The number of thioether (sulfide) groups is 1. The molecule has 0 amide bonds. The van der Waals surface area contributed by atoms with Gasteiger partial charge in [0.05, 0.1) is 11.3 Å². The molecule has 20 heavy (non-hydrogen) atoms. The van der Waals surface area contributed by atoms with Crippen LogP contribution >= 0.6 is 11.8 Å². The topological polar surface area (TPSA) is 73.1 Å². The molecule has 1 heterocycles. The Morgan fingerprint density at radius 1 is 1.30 bits per heavy atom. The summed E-state index contributed by atoms with van der Waals surface area (Å²) in [5.74, 6) is 1.08. The van der Waals surface area contributed by atoms with E-state index in [1.165, 1.54) is 0 Å². The van der Waals surface area contributed by atoms with Crippen molar-refractivity contribution in [1.29, 1.82) is 0 Å². The Morgan fingerprint density at radius 3 is 2.65 bits per heavy atom. The average molecular weight is 294 g/mol. The standard InChI is InChI=1S/C13H18N4O2S/c1-13(2,19-3)8-9-20-12-14-15-16-17(12)10-4-6-11(18)7-5-10/h4-7,18H,8-9H2,1-3H3. The van der Waals surface area contributed by atoms with E-state index in [4.69, 9.17) is 4.74 Å². The van der Waals surface area contributed by atoms with E-state index in [9.17, 15) is 5.11 Å². The van der Waals surface area contributed by atoms with Crippen molar-refractivity contribution in [2.75, 3.05) is 12.9 Å². The Balaban J connectivity index is 2.04. The largest absolute Gasteiger partial charge is 0.508 e. The molecule has 0 unspecified atom stereocenters. The molecule has 1 aromatic carbocycles.